The number of nitrogens with one attached hydrogen (secondary N) is 1. The Labute approximate surface area is 139 Å². The highest BCUT2D eigenvalue weighted by atomic mass is 32.2. The van der Waals surface area contributed by atoms with Crippen molar-refractivity contribution in [1.29, 1.82) is 0 Å². The second-order valence-electron chi connectivity index (χ2n) is 5.81. The fourth-order valence-electron chi connectivity index (χ4n) is 2.76. The van der Waals surface area contributed by atoms with E-state index in [9.17, 15) is 23.1 Å². The molecule has 1 aromatic carbocycles. The van der Waals surface area contributed by atoms with Crippen molar-refractivity contribution in [2.24, 2.45) is 5.10 Å². The minimum atomic E-state index is -3.16. The number of benzene rings is 1. The predicted octanol–water partition coefficient (Wildman–Crippen LogP) is 0.496. The lowest BCUT2D eigenvalue weighted by Gasteiger charge is -2.27. The van der Waals surface area contributed by atoms with Crippen LogP contribution in [0, 0.1) is 0 Å². The standard InChI is InChI=1S/C15H17N3O5S/c19-13-4-2-1-3-11(13)16-15(21)12-5-6-14(20)18(17-12)10-7-8-24(22,23)9-10/h1-4,10,19H,5-9H2,(H,16,21). The van der Waals surface area contributed by atoms with E-state index in [2.05, 4.69) is 10.4 Å². The van der Waals surface area contributed by atoms with Crippen molar-refractivity contribution in [1.82, 2.24) is 5.01 Å². The summed E-state index contributed by atoms with van der Waals surface area (Å²) >= 11 is 0. The van der Waals surface area contributed by atoms with Gasteiger partial charge < -0.3 is 10.4 Å². The fraction of sp³-hybridized carbons (Fsp3) is 0.400. The molecule has 2 heterocycles. The lowest BCUT2D eigenvalue weighted by molar-refractivity contribution is -0.133. The van der Waals surface area contributed by atoms with Gasteiger partial charge in [0.15, 0.2) is 9.84 Å². The fourth-order valence-corrected chi connectivity index (χ4v) is 4.45. The molecular weight excluding hydrogens is 334 g/mol. The van der Waals surface area contributed by atoms with Gasteiger partial charge in [0, 0.05) is 12.8 Å². The number of carbonyl (C=O) groups excluding carboxylic acids is 2. The van der Waals surface area contributed by atoms with Gasteiger partial charge in [0.2, 0.25) is 5.91 Å². The number of aromatic hydroxyl groups is 1. The number of anilines is 1. The molecule has 9 heteroatoms. The summed E-state index contributed by atoms with van der Waals surface area (Å²) in [5.74, 6) is -0.976. The van der Waals surface area contributed by atoms with Crippen LogP contribution in [0.5, 0.6) is 5.75 Å². The maximum absolute atomic E-state index is 12.3. The van der Waals surface area contributed by atoms with Gasteiger partial charge in [-0.3, -0.25) is 9.59 Å². The van der Waals surface area contributed by atoms with Crippen molar-refractivity contribution < 1.29 is 23.1 Å². The van der Waals surface area contributed by atoms with Gasteiger partial charge >= 0.3 is 0 Å². The highest BCUT2D eigenvalue weighted by Gasteiger charge is 2.37. The van der Waals surface area contributed by atoms with Crippen LogP contribution in [0.3, 0.4) is 0 Å². The smallest absolute Gasteiger partial charge is 0.271 e. The average Bonchev–Trinajstić information content (AvgIpc) is 2.90. The zero-order chi connectivity index (χ0) is 17.3. The number of carbonyl (C=O) groups is 2. The first-order valence-electron chi connectivity index (χ1n) is 7.55. The summed E-state index contributed by atoms with van der Waals surface area (Å²) in [5, 5.41) is 17.5. The van der Waals surface area contributed by atoms with Gasteiger partial charge in [0.1, 0.15) is 11.5 Å². The summed E-state index contributed by atoms with van der Waals surface area (Å²) in [6.45, 7) is 0. The topological polar surface area (TPSA) is 116 Å². The molecule has 2 amide bonds. The Balaban J connectivity index is 1.78. The molecule has 0 aliphatic carbocycles. The van der Waals surface area contributed by atoms with E-state index in [0.717, 1.165) is 5.01 Å². The van der Waals surface area contributed by atoms with Crippen molar-refractivity contribution >= 4 is 33.1 Å². The van der Waals surface area contributed by atoms with E-state index in [0.29, 0.717) is 6.42 Å². The molecule has 2 aliphatic heterocycles. The summed E-state index contributed by atoms with van der Waals surface area (Å²) < 4.78 is 23.2. The van der Waals surface area contributed by atoms with Crippen LogP contribution in [0.4, 0.5) is 5.69 Å². The Kier molecular flexibility index (Phi) is 4.27. The molecule has 0 aromatic heterocycles. The molecule has 0 bridgehead atoms. The Morgan fingerprint density at radius 2 is 2.04 bits per heavy atom. The molecule has 128 valence electrons. The average molecular weight is 351 g/mol. The van der Waals surface area contributed by atoms with Crippen molar-refractivity contribution in [3.8, 4) is 5.75 Å². The molecule has 2 N–H and O–H groups in total. The predicted molar refractivity (Wildman–Crippen MR) is 87.3 cm³/mol. The lowest BCUT2D eigenvalue weighted by Crippen LogP contribution is -2.42. The number of amides is 2. The number of para-hydroxylation sites is 2. The van der Waals surface area contributed by atoms with Crippen molar-refractivity contribution in [3.63, 3.8) is 0 Å². The number of rotatable bonds is 3. The Bertz CT molecular complexity index is 818. The lowest BCUT2D eigenvalue weighted by atomic mass is 10.1. The van der Waals surface area contributed by atoms with Crippen LogP contribution in [0.25, 0.3) is 0 Å². The second-order valence-corrected chi connectivity index (χ2v) is 8.04. The number of sulfone groups is 1. The second kappa shape index (κ2) is 6.23. The number of hydrogen-bond donors (Lipinski definition) is 2. The van der Waals surface area contributed by atoms with Gasteiger partial charge in [0.05, 0.1) is 23.2 Å². The van der Waals surface area contributed by atoms with E-state index in [4.69, 9.17) is 0 Å². The summed E-state index contributed by atoms with van der Waals surface area (Å²) in [4.78, 5) is 24.3. The Morgan fingerprint density at radius 1 is 1.29 bits per heavy atom. The molecule has 2 aliphatic rings. The molecule has 1 aromatic rings. The normalized spacial score (nSPS) is 23.0. The van der Waals surface area contributed by atoms with E-state index in [1.807, 2.05) is 0 Å². The van der Waals surface area contributed by atoms with Gasteiger partial charge in [-0.15, -0.1) is 0 Å². The monoisotopic (exact) mass is 351 g/mol. The Morgan fingerprint density at radius 3 is 2.71 bits per heavy atom. The van der Waals surface area contributed by atoms with E-state index in [-0.39, 0.29) is 47.4 Å². The van der Waals surface area contributed by atoms with Crippen molar-refractivity contribution in [2.45, 2.75) is 25.3 Å². The van der Waals surface area contributed by atoms with Gasteiger partial charge in [-0.2, -0.15) is 5.10 Å². The highest BCUT2D eigenvalue weighted by Crippen LogP contribution is 2.24. The number of phenolic OH excluding ortho intramolecular Hbond substituents is 1. The van der Waals surface area contributed by atoms with Crippen LogP contribution >= 0.6 is 0 Å². The van der Waals surface area contributed by atoms with Crippen LogP contribution in [0.1, 0.15) is 19.3 Å². The zero-order valence-corrected chi connectivity index (χ0v) is 13.6. The quantitative estimate of drug-likeness (QED) is 0.769. The van der Waals surface area contributed by atoms with E-state index in [1.165, 1.54) is 6.07 Å². The number of hydrogen-bond acceptors (Lipinski definition) is 6. The molecule has 1 unspecified atom stereocenters. The van der Waals surface area contributed by atoms with Crippen LogP contribution in [-0.4, -0.2) is 53.6 Å². The molecule has 0 radical (unpaired) electrons. The summed E-state index contributed by atoms with van der Waals surface area (Å²) in [5.41, 5.74) is 0.388. The molecule has 0 saturated carbocycles. The number of nitrogens with zero attached hydrogens (tertiary/aromatic N) is 2. The minimum Gasteiger partial charge on any atom is -0.506 e. The minimum absolute atomic E-state index is 0.0242. The molecule has 1 saturated heterocycles. The first-order chi connectivity index (χ1) is 11.4. The van der Waals surface area contributed by atoms with Crippen molar-refractivity contribution in [2.75, 3.05) is 16.8 Å². The first kappa shape index (κ1) is 16.4. The maximum Gasteiger partial charge on any atom is 0.271 e. The van der Waals surface area contributed by atoms with Crippen LogP contribution in [-0.2, 0) is 19.4 Å². The van der Waals surface area contributed by atoms with Crippen LogP contribution in [0.2, 0.25) is 0 Å². The summed E-state index contributed by atoms with van der Waals surface area (Å²) in [6, 6.07) is 5.76. The largest absolute Gasteiger partial charge is 0.506 e. The third kappa shape index (κ3) is 3.40. The maximum atomic E-state index is 12.3. The molecule has 1 atom stereocenters. The highest BCUT2D eigenvalue weighted by molar-refractivity contribution is 7.91. The van der Waals surface area contributed by atoms with Gasteiger partial charge in [-0.05, 0) is 18.6 Å². The summed E-state index contributed by atoms with van der Waals surface area (Å²) in [7, 11) is -3.16. The zero-order valence-electron chi connectivity index (χ0n) is 12.8. The molecule has 1 fully saturated rings. The number of hydrazone groups is 1. The SMILES string of the molecule is O=C(Nc1ccccc1O)C1=NN(C2CCS(=O)(=O)C2)C(=O)CC1. The third-order valence-electron chi connectivity index (χ3n) is 4.03. The van der Waals surface area contributed by atoms with Gasteiger partial charge in [0.25, 0.3) is 5.91 Å². The van der Waals surface area contributed by atoms with Crippen molar-refractivity contribution in [3.05, 3.63) is 24.3 Å². The first-order valence-corrected chi connectivity index (χ1v) is 9.37. The third-order valence-corrected chi connectivity index (χ3v) is 5.78. The molecular formula is C15H17N3O5S. The van der Waals surface area contributed by atoms with Crippen LogP contribution in [0.15, 0.2) is 29.4 Å². The van der Waals surface area contributed by atoms with Gasteiger partial charge in [-0.25, -0.2) is 13.4 Å². The molecule has 8 nitrogen and oxygen atoms in total. The van der Waals surface area contributed by atoms with Crippen LogP contribution < -0.4 is 5.32 Å². The number of phenols is 1. The summed E-state index contributed by atoms with van der Waals surface area (Å²) in [6.07, 6.45) is 0.601. The molecule has 0 spiro atoms. The Hall–Kier alpha value is -2.42. The molecule has 24 heavy (non-hydrogen) atoms. The molecule has 3 rings (SSSR count). The van der Waals surface area contributed by atoms with Gasteiger partial charge in [-0.1, -0.05) is 12.1 Å². The van der Waals surface area contributed by atoms with E-state index in [1.54, 1.807) is 18.2 Å². The van der Waals surface area contributed by atoms with E-state index >= 15 is 0 Å². The van der Waals surface area contributed by atoms with E-state index < -0.39 is 21.8 Å².